The normalized spacial score (nSPS) is 16.5. The average Bonchev–Trinajstić information content (AvgIpc) is 2.88. The van der Waals surface area contributed by atoms with Gasteiger partial charge in [0.25, 0.3) is 0 Å². The van der Waals surface area contributed by atoms with Gasteiger partial charge < -0.3 is 31.5 Å². The van der Waals surface area contributed by atoms with E-state index in [1.54, 1.807) is 18.2 Å². The number of carbonyl (C=O) groups excluding carboxylic acids is 4. The van der Waals surface area contributed by atoms with Gasteiger partial charge >= 0.3 is 12.0 Å². The van der Waals surface area contributed by atoms with Crippen molar-refractivity contribution in [2.45, 2.75) is 18.9 Å². The maximum absolute atomic E-state index is 13.4. The number of methoxy groups -OCH3 is 1. The van der Waals surface area contributed by atoms with Crippen LogP contribution in [0.3, 0.4) is 0 Å². The Balaban J connectivity index is 1.76. The number of rotatable bonds is 8. The number of aromatic carboxylic acids is 1. The summed E-state index contributed by atoms with van der Waals surface area (Å²) in [6, 6.07) is 8.27. The molecule has 2 unspecified atom stereocenters. The monoisotopic (exact) mass is 545 g/mol. The molecular formula is C25H28ClN5O7. The number of urea groups is 1. The van der Waals surface area contributed by atoms with Crippen molar-refractivity contribution in [3.05, 3.63) is 58.6 Å². The number of hydrogen-bond donors (Lipinski definition) is 5. The molecule has 2 aromatic rings. The molecule has 0 aromatic heterocycles. The zero-order valence-electron chi connectivity index (χ0n) is 20.5. The van der Waals surface area contributed by atoms with E-state index in [1.165, 1.54) is 31.4 Å². The zero-order chi connectivity index (χ0) is 27.8. The van der Waals surface area contributed by atoms with Crippen LogP contribution >= 0.6 is 11.6 Å². The maximum Gasteiger partial charge on any atom is 0.335 e. The number of amides is 5. The van der Waals surface area contributed by atoms with E-state index >= 15 is 0 Å². The van der Waals surface area contributed by atoms with Crippen LogP contribution in [0.15, 0.2) is 42.5 Å². The highest BCUT2D eigenvalue weighted by Crippen LogP contribution is 2.27. The zero-order valence-corrected chi connectivity index (χ0v) is 21.3. The molecule has 5 amide bonds. The fourth-order valence-corrected chi connectivity index (χ4v) is 4.15. The summed E-state index contributed by atoms with van der Waals surface area (Å²) in [5.74, 6) is -3.22. The summed E-state index contributed by atoms with van der Waals surface area (Å²) >= 11 is 6.12. The second-order valence-corrected chi connectivity index (χ2v) is 8.97. The molecule has 0 radical (unpaired) electrons. The second kappa shape index (κ2) is 12.9. The minimum absolute atomic E-state index is 0.0456. The number of benzene rings is 2. The molecule has 12 nitrogen and oxygen atoms in total. The molecule has 1 heterocycles. The van der Waals surface area contributed by atoms with Gasteiger partial charge in [-0.25, -0.2) is 9.59 Å². The SMILES string of the molecule is COc1ccc(Cl)cc1CC1CCNC(=O)CN(C(=O)NC(CN)C(=O)Nc2cccc(C(=O)O)c2)C1=O. The number of nitrogens with zero attached hydrogens (tertiary/aromatic N) is 1. The van der Waals surface area contributed by atoms with Crippen molar-refractivity contribution >= 4 is 47.0 Å². The first-order valence-electron chi connectivity index (χ1n) is 11.7. The van der Waals surface area contributed by atoms with E-state index in [4.69, 9.17) is 27.2 Å². The lowest BCUT2D eigenvalue weighted by molar-refractivity contribution is -0.138. The van der Waals surface area contributed by atoms with Crippen LogP contribution in [0.2, 0.25) is 5.02 Å². The van der Waals surface area contributed by atoms with Gasteiger partial charge in [0.2, 0.25) is 17.7 Å². The highest BCUT2D eigenvalue weighted by Gasteiger charge is 2.34. The molecule has 202 valence electrons. The third-order valence-corrected chi connectivity index (χ3v) is 6.15. The average molecular weight is 546 g/mol. The summed E-state index contributed by atoms with van der Waals surface area (Å²) in [6.45, 7) is -0.641. The fraction of sp³-hybridized carbons (Fsp3) is 0.320. The minimum Gasteiger partial charge on any atom is -0.496 e. The van der Waals surface area contributed by atoms with E-state index in [2.05, 4.69) is 16.0 Å². The Hall–Kier alpha value is -4.16. The summed E-state index contributed by atoms with van der Waals surface area (Å²) in [4.78, 5) is 63.5. The van der Waals surface area contributed by atoms with Gasteiger partial charge in [-0.1, -0.05) is 17.7 Å². The first-order chi connectivity index (χ1) is 18.1. The molecule has 0 bridgehead atoms. The molecule has 1 saturated heterocycles. The summed E-state index contributed by atoms with van der Waals surface area (Å²) < 4.78 is 5.36. The molecule has 1 aliphatic rings. The third kappa shape index (κ3) is 7.20. The summed E-state index contributed by atoms with van der Waals surface area (Å²) in [5, 5.41) is 17.1. The number of nitrogens with one attached hydrogen (secondary N) is 3. The lowest BCUT2D eigenvalue weighted by Gasteiger charge is -2.29. The quantitative estimate of drug-likeness (QED) is 0.328. The number of ether oxygens (including phenoxy) is 1. The standard InChI is InChI=1S/C25H28ClN5O7/c1-38-20-6-5-17(26)10-16(20)9-14-7-8-28-21(32)13-31(23(14)34)25(37)30-19(12-27)22(33)29-18-4-2-3-15(11-18)24(35)36/h2-6,10-11,14,19H,7-9,12-13,27H2,1H3,(H,28,32)(H,29,33)(H,30,37)(H,35,36). The van der Waals surface area contributed by atoms with Crippen LogP contribution in [0.4, 0.5) is 10.5 Å². The predicted octanol–water partition coefficient (Wildman–Crippen LogP) is 1.23. The first kappa shape index (κ1) is 28.4. The molecule has 0 aliphatic carbocycles. The Kier molecular flexibility index (Phi) is 9.63. The number of carboxylic acids is 1. The van der Waals surface area contributed by atoms with Gasteiger partial charge in [0.05, 0.1) is 12.7 Å². The molecule has 3 rings (SSSR count). The van der Waals surface area contributed by atoms with Crippen molar-refractivity contribution < 1.29 is 33.8 Å². The molecule has 38 heavy (non-hydrogen) atoms. The third-order valence-electron chi connectivity index (χ3n) is 5.91. The smallest absolute Gasteiger partial charge is 0.335 e. The summed E-state index contributed by atoms with van der Waals surface area (Å²) in [6.07, 6.45) is 0.452. The van der Waals surface area contributed by atoms with Crippen LogP contribution in [0.1, 0.15) is 22.3 Å². The van der Waals surface area contributed by atoms with E-state index in [-0.39, 0.29) is 37.2 Å². The Morgan fingerprint density at radius 1 is 1.24 bits per heavy atom. The number of anilines is 1. The highest BCUT2D eigenvalue weighted by molar-refractivity contribution is 6.30. The highest BCUT2D eigenvalue weighted by atomic mass is 35.5. The van der Waals surface area contributed by atoms with Gasteiger partial charge in [0.15, 0.2) is 0 Å². The van der Waals surface area contributed by atoms with Crippen molar-refractivity contribution in [2.75, 3.05) is 32.1 Å². The minimum atomic E-state index is -1.27. The molecule has 0 saturated carbocycles. The van der Waals surface area contributed by atoms with Crippen LogP contribution < -0.4 is 26.4 Å². The maximum atomic E-state index is 13.4. The number of halogens is 1. The Bertz CT molecular complexity index is 1240. The molecule has 0 spiro atoms. The molecule has 1 fully saturated rings. The number of carbonyl (C=O) groups is 5. The lowest BCUT2D eigenvalue weighted by atomic mass is 9.93. The molecule has 1 aliphatic heterocycles. The van der Waals surface area contributed by atoms with Gasteiger partial charge in [-0.15, -0.1) is 0 Å². The molecule has 13 heteroatoms. The molecule has 6 N–H and O–H groups in total. The van der Waals surface area contributed by atoms with Crippen LogP contribution in [-0.4, -0.2) is 72.5 Å². The summed E-state index contributed by atoms with van der Waals surface area (Å²) in [5.41, 5.74) is 6.49. The summed E-state index contributed by atoms with van der Waals surface area (Å²) in [7, 11) is 1.49. The van der Waals surface area contributed by atoms with Gasteiger partial charge in [-0.05, 0) is 54.8 Å². The lowest BCUT2D eigenvalue weighted by Crippen LogP contribution is -2.57. The van der Waals surface area contributed by atoms with Gasteiger partial charge in [0, 0.05) is 29.7 Å². The molecular weight excluding hydrogens is 518 g/mol. The van der Waals surface area contributed by atoms with Crippen LogP contribution in [-0.2, 0) is 20.8 Å². The number of imide groups is 1. The number of nitrogens with two attached hydrogens (primary N) is 1. The van der Waals surface area contributed by atoms with E-state index in [9.17, 15) is 24.0 Å². The first-order valence-corrected chi connectivity index (χ1v) is 12.1. The van der Waals surface area contributed by atoms with Crippen LogP contribution in [0.25, 0.3) is 0 Å². The van der Waals surface area contributed by atoms with Crippen molar-refractivity contribution in [1.82, 2.24) is 15.5 Å². The number of hydrogen-bond acceptors (Lipinski definition) is 7. The Morgan fingerprint density at radius 2 is 2.00 bits per heavy atom. The molecule has 2 aromatic carbocycles. The van der Waals surface area contributed by atoms with E-state index < -0.39 is 48.2 Å². The van der Waals surface area contributed by atoms with Crippen molar-refractivity contribution in [3.63, 3.8) is 0 Å². The van der Waals surface area contributed by atoms with Crippen LogP contribution in [0.5, 0.6) is 5.75 Å². The second-order valence-electron chi connectivity index (χ2n) is 8.53. The largest absolute Gasteiger partial charge is 0.496 e. The van der Waals surface area contributed by atoms with E-state index in [0.717, 1.165) is 4.90 Å². The van der Waals surface area contributed by atoms with E-state index in [1.807, 2.05) is 0 Å². The van der Waals surface area contributed by atoms with E-state index in [0.29, 0.717) is 16.3 Å². The fourth-order valence-electron chi connectivity index (χ4n) is 3.96. The molecule has 2 atom stereocenters. The Morgan fingerprint density at radius 3 is 2.68 bits per heavy atom. The van der Waals surface area contributed by atoms with Gasteiger partial charge in [-0.3, -0.25) is 19.3 Å². The van der Waals surface area contributed by atoms with Crippen molar-refractivity contribution in [2.24, 2.45) is 11.7 Å². The number of carboxylic acid groups (broad SMARTS) is 1. The van der Waals surface area contributed by atoms with Crippen LogP contribution in [0, 0.1) is 5.92 Å². The Labute approximate surface area is 223 Å². The van der Waals surface area contributed by atoms with Crippen molar-refractivity contribution in [3.8, 4) is 5.75 Å². The topological polar surface area (TPSA) is 180 Å². The van der Waals surface area contributed by atoms with Crippen molar-refractivity contribution in [1.29, 1.82) is 0 Å². The predicted molar refractivity (Wildman–Crippen MR) is 138 cm³/mol. The van der Waals surface area contributed by atoms with Gasteiger partial charge in [0.1, 0.15) is 18.3 Å². The van der Waals surface area contributed by atoms with Gasteiger partial charge in [-0.2, -0.15) is 0 Å².